The molecule has 0 radical (unpaired) electrons. The lowest BCUT2D eigenvalue weighted by molar-refractivity contribution is 0.102. The van der Waals surface area contributed by atoms with E-state index >= 15 is 0 Å². The second-order valence-corrected chi connectivity index (χ2v) is 4.99. The molecule has 1 aromatic carbocycles. The summed E-state index contributed by atoms with van der Waals surface area (Å²) in [5.74, 6) is 0.181. The number of pyridine rings is 1. The zero-order valence-corrected chi connectivity index (χ0v) is 12.7. The Morgan fingerprint density at radius 2 is 2.10 bits per heavy atom. The molecular formula is C14H14BrN3O2. The van der Waals surface area contributed by atoms with E-state index in [9.17, 15) is 4.79 Å². The van der Waals surface area contributed by atoms with E-state index in [1.54, 1.807) is 30.3 Å². The summed E-state index contributed by atoms with van der Waals surface area (Å²) in [6, 6.07) is 8.47. The van der Waals surface area contributed by atoms with Crippen molar-refractivity contribution in [2.45, 2.75) is 6.92 Å². The number of anilines is 2. The van der Waals surface area contributed by atoms with E-state index in [0.29, 0.717) is 22.7 Å². The van der Waals surface area contributed by atoms with Crippen molar-refractivity contribution in [2.75, 3.05) is 18.2 Å². The van der Waals surface area contributed by atoms with Crippen LogP contribution in [0.2, 0.25) is 0 Å². The van der Waals surface area contributed by atoms with Crippen LogP contribution >= 0.6 is 15.9 Å². The van der Waals surface area contributed by atoms with Gasteiger partial charge >= 0.3 is 0 Å². The Bertz CT molecular complexity index is 659. The van der Waals surface area contributed by atoms with Crippen LogP contribution in [-0.4, -0.2) is 18.0 Å². The Morgan fingerprint density at radius 1 is 1.35 bits per heavy atom. The number of nitrogens with two attached hydrogens (primary N) is 1. The number of benzene rings is 1. The molecule has 0 aliphatic carbocycles. The van der Waals surface area contributed by atoms with Crippen molar-refractivity contribution in [1.82, 2.24) is 4.98 Å². The van der Waals surface area contributed by atoms with Crippen molar-refractivity contribution in [1.29, 1.82) is 0 Å². The Kier molecular flexibility index (Phi) is 4.24. The fourth-order valence-electron chi connectivity index (χ4n) is 1.76. The van der Waals surface area contributed by atoms with Gasteiger partial charge in [0.15, 0.2) is 0 Å². The minimum atomic E-state index is -0.290. The molecule has 1 amide bonds. The Morgan fingerprint density at radius 3 is 2.75 bits per heavy atom. The second-order valence-electron chi connectivity index (χ2n) is 4.18. The van der Waals surface area contributed by atoms with Crippen LogP contribution in [0.4, 0.5) is 11.4 Å². The van der Waals surface area contributed by atoms with Crippen molar-refractivity contribution in [2.24, 2.45) is 0 Å². The molecule has 0 bridgehead atoms. The van der Waals surface area contributed by atoms with Gasteiger partial charge in [0.05, 0.1) is 24.1 Å². The average Bonchev–Trinajstić information content (AvgIpc) is 2.41. The fourth-order valence-corrected chi connectivity index (χ4v) is 2.15. The molecule has 0 atom stereocenters. The largest absolute Gasteiger partial charge is 0.496 e. The van der Waals surface area contributed by atoms with Gasteiger partial charge in [-0.25, -0.2) is 4.98 Å². The number of rotatable bonds is 3. The summed E-state index contributed by atoms with van der Waals surface area (Å²) in [5, 5.41) is 2.80. The van der Waals surface area contributed by atoms with Gasteiger partial charge in [-0.2, -0.15) is 0 Å². The maximum Gasteiger partial charge on any atom is 0.259 e. The topological polar surface area (TPSA) is 77.2 Å². The molecule has 104 valence electrons. The normalized spacial score (nSPS) is 10.2. The van der Waals surface area contributed by atoms with Crippen molar-refractivity contribution in [3.05, 3.63) is 46.2 Å². The highest BCUT2D eigenvalue weighted by molar-refractivity contribution is 9.10. The summed E-state index contributed by atoms with van der Waals surface area (Å²) in [4.78, 5) is 16.5. The molecule has 0 saturated carbocycles. The number of aromatic nitrogens is 1. The summed E-state index contributed by atoms with van der Waals surface area (Å²) in [6.45, 7) is 1.82. The monoisotopic (exact) mass is 335 g/mol. The number of aryl methyl sites for hydroxylation is 1. The SMILES string of the molecule is COc1ccc(N)cc1C(=O)Nc1ccc(Br)nc1C. The molecule has 2 aromatic rings. The van der Waals surface area contributed by atoms with Gasteiger partial charge in [-0.15, -0.1) is 0 Å². The predicted molar refractivity (Wildman–Crippen MR) is 82.0 cm³/mol. The number of carbonyl (C=O) groups is 1. The highest BCUT2D eigenvalue weighted by Gasteiger charge is 2.14. The van der Waals surface area contributed by atoms with E-state index in [0.717, 1.165) is 10.3 Å². The first-order chi connectivity index (χ1) is 9.51. The number of halogens is 1. The Hall–Kier alpha value is -2.08. The van der Waals surface area contributed by atoms with Crippen molar-refractivity contribution in [3.63, 3.8) is 0 Å². The highest BCUT2D eigenvalue weighted by Crippen LogP contribution is 2.23. The van der Waals surface area contributed by atoms with Gasteiger partial charge in [0, 0.05) is 5.69 Å². The minimum absolute atomic E-state index is 0.290. The van der Waals surface area contributed by atoms with Gasteiger partial charge in [-0.3, -0.25) is 4.79 Å². The van der Waals surface area contributed by atoms with Gasteiger partial charge in [-0.05, 0) is 53.2 Å². The van der Waals surface area contributed by atoms with E-state index in [4.69, 9.17) is 10.5 Å². The second kappa shape index (κ2) is 5.92. The maximum atomic E-state index is 12.3. The number of nitrogen functional groups attached to an aromatic ring is 1. The number of hydrogen-bond acceptors (Lipinski definition) is 4. The number of nitrogens with zero attached hydrogens (tertiary/aromatic N) is 1. The van der Waals surface area contributed by atoms with E-state index in [1.807, 2.05) is 6.92 Å². The highest BCUT2D eigenvalue weighted by atomic mass is 79.9. The molecule has 2 rings (SSSR count). The molecule has 0 aliphatic heterocycles. The number of ether oxygens (including phenoxy) is 1. The van der Waals surface area contributed by atoms with Crippen LogP contribution in [0.15, 0.2) is 34.9 Å². The molecule has 0 unspecified atom stereocenters. The van der Waals surface area contributed by atoms with Crippen molar-refractivity contribution in [3.8, 4) is 5.75 Å². The standard InChI is InChI=1S/C14H14BrN3O2/c1-8-11(4-6-13(15)17-8)18-14(19)10-7-9(16)3-5-12(10)20-2/h3-7H,16H2,1-2H3,(H,18,19). The molecule has 0 aliphatic rings. The third kappa shape index (κ3) is 3.08. The van der Waals surface area contributed by atoms with Crippen molar-refractivity contribution < 1.29 is 9.53 Å². The van der Waals surface area contributed by atoms with E-state index in [1.165, 1.54) is 7.11 Å². The molecule has 0 spiro atoms. The van der Waals surface area contributed by atoms with Gasteiger partial charge in [0.1, 0.15) is 10.4 Å². The third-order valence-corrected chi connectivity index (χ3v) is 3.21. The number of hydrogen-bond donors (Lipinski definition) is 2. The molecule has 20 heavy (non-hydrogen) atoms. The van der Waals surface area contributed by atoms with E-state index < -0.39 is 0 Å². The fraction of sp³-hybridized carbons (Fsp3) is 0.143. The smallest absolute Gasteiger partial charge is 0.259 e. The van der Waals surface area contributed by atoms with Crippen LogP contribution in [-0.2, 0) is 0 Å². The summed E-state index contributed by atoms with van der Waals surface area (Å²) >= 11 is 3.28. The van der Waals surface area contributed by atoms with E-state index in [-0.39, 0.29) is 5.91 Å². The molecule has 3 N–H and O–H groups in total. The summed E-state index contributed by atoms with van der Waals surface area (Å²) in [6.07, 6.45) is 0. The first-order valence-corrected chi connectivity index (χ1v) is 6.68. The van der Waals surface area contributed by atoms with Crippen LogP contribution in [0, 0.1) is 6.92 Å². The van der Waals surface area contributed by atoms with Crippen LogP contribution < -0.4 is 15.8 Å². The van der Waals surface area contributed by atoms with Crippen molar-refractivity contribution >= 4 is 33.2 Å². The summed E-state index contributed by atoms with van der Waals surface area (Å²) in [5.41, 5.74) is 7.95. The average molecular weight is 336 g/mol. The quantitative estimate of drug-likeness (QED) is 0.667. The van der Waals surface area contributed by atoms with Crippen LogP contribution in [0.5, 0.6) is 5.75 Å². The van der Waals surface area contributed by atoms with Gasteiger partial charge < -0.3 is 15.8 Å². The molecule has 0 fully saturated rings. The third-order valence-electron chi connectivity index (χ3n) is 2.77. The molecule has 1 aromatic heterocycles. The van der Waals surface area contributed by atoms with E-state index in [2.05, 4.69) is 26.2 Å². The lowest BCUT2D eigenvalue weighted by Crippen LogP contribution is -2.14. The van der Waals surface area contributed by atoms with Gasteiger partial charge in [0.2, 0.25) is 0 Å². The zero-order valence-electron chi connectivity index (χ0n) is 11.1. The van der Waals surface area contributed by atoms with Gasteiger partial charge in [-0.1, -0.05) is 0 Å². The maximum absolute atomic E-state index is 12.3. The minimum Gasteiger partial charge on any atom is -0.496 e. The molecule has 6 heteroatoms. The zero-order chi connectivity index (χ0) is 14.7. The molecular weight excluding hydrogens is 322 g/mol. The summed E-state index contributed by atoms with van der Waals surface area (Å²) < 4.78 is 5.89. The molecule has 0 saturated heterocycles. The Labute approximate surface area is 125 Å². The lowest BCUT2D eigenvalue weighted by Gasteiger charge is -2.11. The number of methoxy groups -OCH3 is 1. The summed E-state index contributed by atoms with van der Waals surface area (Å²) in [7, 11) is 1.51. The van der Waals surface area contributed by atoms with Crippen LogP contribution in [0.25, 0.3) is 0 Å². The van der Waals surface area contributed by atoms with Crippen LogP contribution in [0.1, 0.15) is 16.1 Å². The molecule has 5 nitrogen and oxygen atoms in total. The number of carbonyl (C=O) groups excluding carboxylic acids is 1. The molecule has 1 heterocycles. The first kappa shape index (κ1) is 14.3. The predicted octanol–water partition coefficient (Wildman–Crippen LogP) is 3.00. The lowest BCUT2D eigenvalue weighted by atomic mass is 10.1. The first-order valence-electron chi connectivity index (χ1n) is 5.89. The number of nitrogens with one attached hydrogen (secondary N) is 1. The Balaban J connectivity index is 2.30. The number of amides is 1. The van der Waals surface area contributed by atoms with Crippen LogP contribution in [0.3, 0.4) is 0 Å². The van der Waals surface area contributed by atoms with Gasteiger partial charge in [0.25, 0.3) is 5.91 Å².